The third-order valence-corrected chi connectivity index (χ3v) is 11.4. The van der Waals surface area contributed by atoms with Gasteiger partial charge >= 0.3 is 0 Å². The lowest BCUT2D eigenvalue weighted by Gasteiger charge is -2.27. The summed E-state index contributed by atoms with van der Waals surface area (Å²) in [5.74, 6) is 0. The van der Waals surface area contributed by atoms with Crippen molar-refractivity contribution in [3.8, 4) is 44.5 Å². The molecule has 0 saturated heterocycles. The molecule has 11 rings (SSSR count). The van der Waals surface area contributed by atoms with Crippen molar-refractivity contribution in [2.24, 2.45) is 0 Å². The number of hydrogen-bond acceptors (Lipinski definition) is 2. The van der Waals surface area contributed by atoms with Gasteiger partial charge in [-0.1, -0.05) is 182 Å². The van der Waals surface area contributed by atoms with Crippen LogP contribution in [-0.4, -0.2) is 0 Å². The van der Waals surface area contributed by atoms with Crippen LogP contribution >= 0.6 is 0 Å². The summed E-state index contributed by atoms with van der Waals surface area (Å²) < 4.78 is 7.12. The van der Waals surface area contributed by atoms with E-state index < -0.39 is 0 Å². The van der Waals surface area contributed by atoms with Gasteiger partial charge in [0.15, 0.2) is 5.58 Å². The highest BCUT2D eigenvalue weighted by molar-refractivity contribution is 6.15. The number of fused-ring (bicyclic) bond motifs is 5. The molecule has 0 unspecified atom stereocenters. The Kier molecular flexibility index (Phi) is 8.19. The number of benzene rings is 10. The maximum Gasteiger partial charge on any atom is 0.159 e. The van der Waals surface area contributed by atoms with Crippen molar-refractivity contribution in [2.75, 3.05) is 4.90 Å². The highest BCUT2D eigenvalue weighted by Gasteiger charge is 2.23. The first-order valence-corrected chi connectivity index (χ1v) is 19.8. The van der Waals surface area contributed by atoms with Gasteiger partial charge in [-0.3, -0.25) is 0 Å². The van der Waals surface area contributed by atoms with E-state index in [0.717, 1.165) is 61.3 Å². The molecule has 0 N–H and O–H groups in total. The number of para-hydroxylation sites is 1. The van der Waals surface area contributed by atoms with Crippen LogP contribution in [0.5, 0.6) is 0 Å². The minimum absolute atomic E-state index is 0.842. The monoisotopic (exact) mass is 739 g/mol. The standard InChI is InChI=1S/C56H37NO/c1-3-13-38(14-4-1)46-36-53-52-24-12-23-51(42-16-5-2-6-17-42)55(52)58-56(53)54(37-46)57(47-31-27-40(28-32-47)45-26-25-39-15-7-8-19-44(39)35-45)48-33-29-43(30-34-48)50-22-11-20-41-18-9-10-21-49(41)50/h1-37H. The van der Waals surface area contributed by atoms with E-state index in [1.807, 2.05) is 0 Å². The Hall–Kier alpha value is -7.68. The zero-order valence-electron chi connectivity index (χ0n) is 31.7. The van der Waals surface area contributed by atoms with Crippen molar-refractivity contribution in [2.45, 2.75) is 0 Å². The van der Waals surface area contributed by atoms with Gasteiger partial charge in [0.1, 0.15) is 5.58 Å². The van der Waals surface area contributed by atoms with Crippen LogP contribution in [0.2, 0.25) is 0 Å². The van der Waals surface area contributed by atoms with Gasteiger partial charge in [0.25, 0.3) is 0 Å². The smallest absolute Gasteiger partial charge is 0.159 e. The molecule has 58 heavy (non-hydrogen) atoms. The topological polar surface area (TPSA) is 16.4 Å². The summed E-state index contributed by atoms with van der Waals surface area (Å²) in [5, 5.41) is 7.12. The molecule has 10 aromatic carbocycles. The largest absolute Gasteiger partial charge is 0.453 e. The second-order valence-corrected chi connectivity index (χ2v) is 14.9. The Bertz CT molecular complexity index is 3250. The maximum atomic E-state index is 7.12. The van der Waals surface area contributed by atoms with E-state index >= 15 is 0 Å². The number of nitrogens with zero attached hydrogens (tertiary/aromatic N) is 1. The van der Waals surface area contributed by atoms with Gasteiger partial charge in [0.2, 0.25) is 0 Å². The lowest BCUT2D eigenvalue weighted by molar-refractivity contribution is 0.670. The Morgan fingerprint density at radius 2 is 0.810 bits per heavy atom. The summed E-state index contributed by atoms with van der Waals surface area (Å²) in [6.45, 7) is 0. The maximum absolute atomic E-state index is 7.12. The summed E-state index contributed by atoms with van der Waals surface area (Å²) in [6, 6.07) is 80.6. The molecule has 2 nitrogen and oxygen atoms in total. The van der Waals surface area contributed by atoms with Gasteiger partial charge in [0.05, 0.1) is 5.69 Å². The molecule has 0 spiro atoms. The predicted molar refractivity (Wildman–Crippen MR) is 245 cm³/mol. The molecule has 0 amide bonds. The number of anilines is 3. The summed E-state index contributed by atoms with van der Waals surface area (Å²) in [7, 11) is 0. The lowest BCUT2D eigenvalue weighted by Crippen LogP contribution is -2.10. The van der Waals surface area contributed by atoms with E-state index in [1.165, 1.54) is 43.8 Å². The van der Waals surface area contributed by atoms with Crippen LogP contribution in [0.15, 0.2) is 229 Å². The van der Waals surface area contributed by atoms with Crippen molar-refractivity contribution >= 4 is 60.5 Å². The summed E-state index contributed by atoms with van der Waals surface area (Å²) >= 11 is 0. The van der Waals surface area contributed by atoms with Gasteiger partial charge in [-0.25, -0.2) is 0 Å². The van der Waals surface area contributed by atoms with Gasteiger partial charge in [-0.05, 0) is 103 Å². The van der Waals surface area contributed by atoms with E-state index in [0.29, 0.717) is 0 Å². The van der Waals surface area contributed by atoms with Gasteiger partial charge in [0, 0.05) is 27.7 Å². The molecule has 1 aromatic heterocycles. The SMILES string of the molecule is c1ccc(-c2cc(N(c3ccc(-c4ccc5ccccc5c4)cc3)c3ccc(-c4cccc5ccccc45)cc3)c3oc4c(-c5ccccc5)cccc4c3c2)cc1. The van der Waals surface area contributed by atoms with Crippen LogP contribution < -0.4 is 4.90 Å². The minimum Gasteiger partial charge on any atom is -0.453 e. The third-order valence-electron chi connectivity index (χ3n) is 11.4. The van der Waals surface area contributed by atoms with Crippen molar-refractivity contribution in [3.63, 3.8) is 0 Å². The highest BCUT2D eigenvalue weighted by Crippen LogP contribution is 2.47. The molecule has 0 aliphatic carbocycles. The molecule has 0 fully saturated rings. The van der Waals surface area contributed by atoms with Crippen LogP contribution in [0.25, 0.3) is 88.0 Å². The minimum atomic E-state index is 0.842. The molecule has 11 aromatic rings. The zero-order chi connectivity index (χ0) is 38.4. The number of rotatable bonds is 7. The first-order chi connectivity index (χ1) is 28.7. The Balaban J connectivity index is 1.13. The van der Waals surface area contributed by atoms with Gasteiger partial charge in [-0.2, -0.15) is 0 Å². The van der Waals surface area contributed by atoms with Crippen LogP contribution in [-0.2, 0) is 0 Å². The van der Waals surface area contributed by atoms with E-state index in [1.54, 1.807) is 0 Å². The summed E-state index contributed by atoms with van der Waals surface area (Å²) in [4.78, 5) is 2.36. The Morgan fingerprint density at radius 1 is 0.276 bits per heavy atom. The lowest BCUT2D eigenvalue weighted by atomic mass is 9.97. The molecular weight excluding hydrogens is 703 g/mol. The predicted octanol–water partition coefficient (Wildman–Crippen LogP) is 16.0. The van der Waals surface area contributed by atoms with E-state index in [-0.39, 0.29) is 0 Å². The van der Waals surface area contributed by atoms with Crippen molar-refractivity contribution in [3.05, 3.63) is 224 Å². The molecule has 2 heteroatoms. The molecular formula is C56H37NO. The van der Waals surface area contributed by atoms with Gasteiger partial charge in [-0.15, -0.1) is 0 Å². The zero-order valence-corrected chi connectivity index (χ0v) is 31.7. The fraction of sp³-hybridized carbons (Fsp3) is 0. The van der Waals surface area contributed by atoms with Crippen molar-refractivity contribution in [1.82, 2.24) is 0 Å². The average Bonchev–Trinajstić information content (AvgIpc) is 3.69. The molecule has 0 radical (unpaired) electrons. The summed E-state index contributed by atoms with van der Waals surface area (Å²) in [6.07, 6.45) is 0. The van der Waals surface area contributed by atoms with Gasteiger partial charge < -0.3 is 9.32 Å². The van der Waals surface area contributed by atoms with E-state index in [4.69, 9.17) is 4.42 Å². The molecule has 0 bridgehead atoms. The van der Waals surface area contributed by atoms with Crippen LogP contribution in [0.4, 0.5) is 17.1 Å². The van der Waals surface area contributed by atoms with Crippen LogP contribution in [0, 0.1) is 0 Å². The Labute approximate surface area is 337 Å². The molecule has 0 aliphatic rings. The van der Waals surface area contributed by atoms with Crippen molar-refractivity contribution in [1.29, 1.82) is 0 Å². The number of hydrogen-bond donors (Lipinski definition) is 0. The van der Waals surface area contributed by atoms with Crippen molar-refractivity contribution < 1.29 is 4.42 Å². The Morgan fingerprint density at radius 3 is 1.57 bits per heavy atom. The second-order valence-electron chi connectivity index (χ2n) is 14.9. The average molecular weight is 740 g/mol. The van der Waals surface area contributed by atoms with Crippen LogP contribution in [0.1, 0.15) is 0 Å². The first kappa shape index (κ1) is 33.6. The summed E-state index contributed by atoms with van der Waals surface area (Å²) in [5.41, 5.74) is 14.0. The fourth-order valence-electron chi connectivity index (χ4n) is 8.56. The number of furan rings is 1. The third kappa shape index (κ3) is 5.91. The molecule has 272 valence electrons. The highest BCUT2D eigenvalue weighted by atomic mass is 16.3. The second kappa shape index (κ2) is 14.1. The molecule has 0 saturated carbocycles. The van der Waals surface area contributed by atoms with Crippen LogP contribution in [0.3, 0.4) is 0 Å². The molecule has 0 atom stereocenters. The van der Waals surface area contributed by atoms with E-state index in [2.05, 4.69) is 229 Å². The van der Waals surface area contributed by atoms with E-state index in [9.17, 15) is 0 Å². The fourth-order valence-corrected chi connectivity index (χ4v) is 8.56. The molecule has 0 aliphatic heterocycles. The normalized spacial score (nSPS) is 11.4. The first-order valence-electron chi connectivity index (χ1n) is 19.8. The molecule has 1 heterocycles. The quantitative estimate of drug-likeness (QED) is 0.162.